The molecule has 226 valence electrons. The summed E-state index contributed by atoms with van der Waals surface area (Å²) < 4.78 is 47.0. The van der Waals surface area contributed by atoms with Crippen LogP contribution in [0.5, 0.6) is 0 Å². The number of pyridine rings is 1. The van der Waals surface area contributed by atoms with Gasteiger partial charge in [-0.25, -0.2) is 4.98 Å². The zero-order valence-electron chi connectivity index (χ0n) is 24.3. The van der Waals surface area contributed by atoms with Crippen molar-refractivity contribution in [3.8, 4) is 0 Å². The van der Waals surface area contributed by atoms with Gasteiger partial charge in [0.25, 0.3) is 5.91 Å². The van der Waals surface area contributed by atoms with E-state index in [0.29, 0.717) is 17.3 Å². The third-order valence-corrected chi connectivity index (χ3v) is 9.78. The minimum atomic E-state index is -4.70. The van der Waals surface area contributed by atoms with Gasteiger partial charge in [0.1, 0.15) is 12.2 Å². The van der Waals surface area contributed by atoms with Gasteiger partial charge in [-0.1, -0.05) is 6.92 Å². The summed E-state index contributed by atoms with van der Waals surface area (Å²) in [5, 5.41) is 22.7. The van der Waals surface area contributed by atoms with Crippen LogP contribution in [-0.2, 0) is 25.2 Å². The molecule has 1 amide bonds. The van der Waals surface area contributed by atoms with Crippen molar-refractivity contribution in [2.24, 2.45) is 13.0 Å². The average Bonchev–Trinajstić information content (AvgIpc) is 3.66. The van der Waals surface area contributed by atoms with Gasteiger partial charge < -0.3 is 24.3 Å². The summed E-state index contributed by atoms with van der Waals surface area (Å²) in [6.45, 7) is 4.05. The van der Waals surface area contributed by atoms with Crippen molar-refractivity contribution in [1.82, 2.24) is 29.5 Å². The van der Waals surface area contributed by atoms with E-state index in [9.17, 15) is 23.1 Å². The van der Waals surface area contributed by atoms with Crippen molar-refractivity contribution in [3.63, 3.8) is 0 Å². The number of aliphatic hydroxyl groups excluding tert-OH is 1. The number of carbonyl (C=O) groups is 1. The van der Waals surface area contributed by atoms with Crippen LogP contribution in [0.25, 0.3) is 5.65 Å². The molecular weight excluding hydrogens is 559 g/mol. The molecule has 9 nitrogen and oxygen atoms in total. The predicted octanol–water partition coefficient (Wildman–Crippen LogP) is 4.92. The summed E-state index contributed by atoms with van der Waals surface area (Å²) in [6, 6.07) is 4.29. The number of benzene rings is 1. The zero-order valence-corrected chi connectivity index (χ0v) is 24.3. The third-order valence-electron chi connectivity index (χ3n) is 9.78. The molecule has 1 aromatic carbocycles. The molecule has 12 heteroatoms. The molecule has 4 heterocycles. The van der Waals surface area contributed by atoms with E-state index in [2.05, 4.69) is 27.4 Å². The molecule has 0 spiro atoms. The lowest BCUT2D eigenvalue weighted by Gasteiger charge is -2.46. The standard InChI is InChI=1S/C31H34F3N7O2/c1-18-12-30(13-18,28-38-37-17-39(28)3)20-11-24(26-35-7-8-40(26)15-20)41-16-22-21(27(41)43)9-19(10-23(22)31(32,33)34)25(42)14-36-29(2)5-4-6-29/h7-11,15,17-18,25,36,42H,4-6,12-14,16H2,1-3H3. The van der Waals surface area contributed by atoms with E-state index in [0.717, 1.165) is 49.6 Å². The van der Waals surface area contributed by atoms with E-state index in [1.807, 2.05) is 35.2 Å². The number of carbonyl (C=O) groups excluding carboxylic acids is 1. The summed E-state index contributed by atoms with van der Waals surface area (Å²) in [5.41, 5.74) is 0.247. The van der Waals surface area contributed by atoms with Crippen molar-refractivity contribution in [2.45, 2.75) is 75.7 Å². The number of alkyl halides is 3. The predicted molar refractivity (Wildman–Crippen MR) is 153 cm³/mol. The maximum absolute atomic E-state index is 14.4. The molecule has 0 saturated heterocycles. The Morgan fingerprint density at radius 3 is 2.60 bits per heavy atom. The van der Waals surface area contributed by atoms with E-state index in [1.54, 1.807) is 18.7 Å². The normalized spacial score (nSPS) is 23.7. The van der Waals surface area contributed by atoms with Gasteiger partial charge in [-0.2, -0.15) is 13.2 Å². The average molecular weight is 594 g/mol. The van der Waals surface area contributed by atoms with Gasteiger partial charge in [-0.3, -0.25) is 4.79 Å². The fraction of sp³-hybridized carbons (Fsp3) is 0.484. The summed E-state index contributed by atoms with van der Waals surface area (Å²) >= 11 is 0. The van der Waals surface area contributed by atoms with Gasteiger partial charge in [0.05, 0.1) is 29.3 Å². The minimum absolute atomic E-state index is 0.0471. The molecule has 43 heavy (non-hydrogen) atoms. The highest BCUT2D eigenvalue weighted by molar-refractivity contribution is 6.12. The second-order valence-corrected chi connectivity index (χ2v) is 12.9. The van der Waals surface area contributed by atoms with E-state index in [4.69, 9.17) is 0 Å². The Kier molecular flexibility index (Phi) is 6.27. The molecule has 4 aromatic rings. The molecule has 2 saturated carbocycles. The summed E-state index contributed by atoms with van der Waals surface area (Å²) in [7, 11) is 1.89. The number of nitrogens with one attached hydrogen (secondary N) is 1. The van der Waals surface area contributed by atoms with E-state index >= 15 is 0 Å². The van der Waals surface area contributed by atoms with Crippen LogP contribution in [0.1, 0.15) is 90.5 Å². The second kappa shape index (κ2) is 9.62. The fourth-order valence-corrected chi connectivity index (χ4v) is 7.28. The van der Waals surface area contributed by atoms with Crippen LogP contribution >= 0.6 is 0 Å². The Balaban J connectivity index is 1.29. The Hall–Kier alpha value is -3.77. The Bertz CT molecular complexity index is 1730. The Morgan fingerprint density at radius 2 is 1.98 bits per heavy atom. The highest BCUT2D eigenvalue weighted by Gasteiger charge is 2.49. The minimum Gasteiger partial charge on any atom is -0.387 e. The van der Waals surface area contributed by atoms with Gasteiger partial charge in [-0.05, 0) is 79.8 Å². The number of imidazole rings is 1. The van der Waals surface area contributed by atoms with Crippen LogP contribution in [0, 0.1) is 5.92 Å². The summed E-state index contributed by atoms with van der Waals surface area (Å²) in [5.74, 6) is 0.691. The van der Waals surface area contributed by atoms with Gasteiger partial charge >= 0.3 is 6.18 Å². The molecule has 2 fully saturated rings. The quantitative estimate of drug-likeness (QED) is 0.316. The van der Waals surface area contributed by atoms with Gasteiger partial charge in [0.15, 0.2) is 5.65 Å². The van der Waals surface area contributed by atoms with Crippen LogP contribution in [-0.4, -0.2) is 47.2 Å². The van der Waals surface area contributed by atoms with E-state index in [-0.39, 0.29) is 35.3 Å². The Morgan fingerprint density at radius 1 is 1.21 bits per heavy atom. The number of fused-ring (bicyclic) bond motifs is 2. The Labute approximate surface area is 246 Å². The summed E-state index contributed by atoms with van der Waals surface area (Å²) in [4.78, 5) is 19.8. The number of halogens is 3. The number of aliphatic hydroxyl groups is 1. The fourth-order valence-electron chi connectivity index (χ4n) is 7.28. The van der Waals surface area contributed by atoms with Crippen LogP contribution < -0.4 is 10.2 Å². The maximum Gasteiger partial charge on any atom is 0.416 e. The molecule has 7 rings (SSSR count). The number of hydrogen-bond donors (Lipinski definition) is 2. The van der Waals surface area contributed by atoms with E-state index < -0.39 is 29.2 Å². The van der Waals surface area contributed by atoms with Crippen molar-refractivity contribution in [2.75, 3.05) is 11.4 Å². The van der Waals surface area contributed by atoms with Crippen LogP contribution in [0.3, 0.4) is 0 Å². The number of anilines is 1. The molecule has 2 N–H and O–H groups in total. The van der Waals surface area contributed by atoms with Crippen molar-refractivity contribution in [3.05, 3.63) is 76.8 Å². The molecule has 1 unspecified atom stereocenters. The third kappa shape index (κ3) is 4.45. The SMILES string of the molecule is CC1CC(c2cc(N3Cc4c(cc(C(O)CNC5(C)CCC5)cc4C(F)(F)F)C3=O)c3nccn3c2)(c2nncn2C)C1. The monoisotopic (exact) mass is 593 g/mol. The van der Waals surface area contributed by atoms with Crippen LogP contribution in [0.15, 0.2) is 43.1 Å². The number of aromatic nitrogens is 5. The first kappa shape index (κ1) is 28.0. The van der Waals surface area contributed by atoms with Crippen LogP contribution in [0.2, 0.25) is 0 Å². The molecule has 1 aliphatic heterocycles. The first-order valence-corrected chi connectivity index (χ1v) is 14.7. The topological polar surface area (TPSA) is 101 Å². The number of nitrogens with zero attached hydrogens (tertiary/aromatic N) is 6. The molecule has 1 atom stereocenters. The molecular formula is C31H34F3N7O2. The van der Waals surface area contributed by atoms with Gasteiger partial charge in [0.2, 0.25) is 0 Å². The van der Waals surface area contributed by atoms with E-state index in [1.165, 1.54) is 11.0 Å². The smallest absolute Gasteiger partial charge is 0.387 e. The molecule has 3 aromatic heterocycles. The molecule has 0 radical (unpaired) electrons. The second-order valence-electron chi connectivity index (χ2n) is 12.9. The zero-order chi connectivity index (χ0) is 30.3. The van der Waals surface area contributed by atoms with Crippen molar-refractivity contribution in [1.29, 1.82) is 0 Å². The number of aryl methyl sites for hydroxylation is 1. The van der Waals surface area contributed by atoms with Gasteiger partial charge in [-0.15, -0.1) is 10.2 Å². The molecule has 2 aliphatic carbocycles. The lowest BCUT2D eigenvalue weighted by molar-refractivity contribution is -0.138. The lowest BCUT2D eigenvalue weighted by Crippen LogP contribution is -2.49. The number of β-amino-alcohol motifs (C(OH)–C–C–N with tert-alkyl or cyclic N) is 1. The number of hydrogen-bond acceptors (Lipinski definition) is 6. The highest BCUT2D eigenvalue weighted by Crippen LogP contribution is 2.52. The van der Waals surface area contributed by atoms with Crippen LogP contribution in [0.4, 0.5) is 18.9 Å². The summed E-state index contributed by atoms with van der Waals surface area (Å²) in [6.07, 6.45) is 5.71. The first-order valence-electron chi connectivity index (χ1n) is 14.7. The highest BCUT2D eigenvalue weighted by atomic mass is 19.4. The molecule has 3 aliphatic rings. The first-order chi connectivity index (χ1) is 20.4. The number of rotatable bonds is 7. The van der Waals surface area contributed by atoms with Crippen molar-refractivity contribution >= 4 is 17.2 Å². The van der Waals surface area contributed by atoms with Crippen molar-refractivity contribution < 1.29 is 23.1 Å². The maximum atomic E-state index is 14.4. The van der Waals surface area contributed by atoms with Gasteiger partial charge in [0, 0.05) is 43.3 Å². The number of amides is 1. The largest absolute Gasteiger partial charge is 0.416 e. The molecule has 0 bridgehead atoms. The lowest BCUT2D eigenvalue weighted by atomic mass is 9.59.